The van der Waals surface area contributed by atoms with Crippen LogP contribution in [0.25, 0.3) is 0 Å². The molecule has 1 heterocycles. The molecule has 0 radical (unpaired) electrons. The van der Waals surface area contributed by atoms with E-state index in [1.807, 2.05) is 20.8 Å². The molecule has 18 heavy (non-hydrogen) atoms. The SMILES string of the molecule is CC(C)CNC(=O)CNC(=O)C1(C)CCCNC1. The minimum absolute atomic E-state index is 0.0330. The number of carbonyl (C=O) groups excluding carboxylic acids is 2. The lowest BCUT2D eigenvalue weighted by Crippen LogP contribution is -2.50. The van der Waals surface area contributed by atoms with E-state index in [4.69, 9.17) is 0 Å². The van der Waals surface area contributed by atoms with E-state index in [0.717, 1.165) is 19.4 Å². The highest BCUT2D eigenvalue weighted by atomic mass is 16.2. The third-order valence-corrected chi connectivity index (χ3v) is 3.26. The molecule has 1 saturated heterocycles. The van der Waals surface area contributed by atoms with Crippen LogP contribution in [0.2, 0.25) is 0 Å². The second-order valence-corrected chi connectivity index (χ2v) is 5.72. The summed E-state index contributed by atoms with van der Waals surface area (Å²) in [6, 6.07) is 0. The number of amides is 2. The summed E-state index contributed by atoms with van der Waals surface area (Å²) < 4.78 is 0. The topological polar surface area (TPSA) is 70.2 Å². The van der Waals surface area contributed by atoms with Gasteiger partial charge in [-0.1, -0.05) is 13.8 Å². The summed E-state index contributed by atoms with van der Waals surface area (Å²) in [7, 11) is 0. The standard InChI is InChI=1S/C13H25N3O2/c1-10(2)7-15-11(17)8-16-12(18)13(3)5-4-6-14-9-13/h10,14H,4-9H2,1-3H3,(H,15,17)(H,16,18). The Balaban J connectivity index is 2.29. The summed E-state index contributed by atoms with van der Waals surface area (Å²) >= 11 is 0. The first-order chi connectivity index (χ1) is 8.44. The van der Waals surface area contributed by atoms with Crippen LogP contribution in [0, 0.1) is 11.3 Å². The van der Waals surface area contributed by atoms with Gasteiger partial charge in [-0.25, -0.2) is 0 Å². The molecule has 0 aromatic carbocycles. The molecule has 5 nitrogen and oxygen atoms in total. The van der Waals surface area contributed by atoms with Crippen LogP contribution in [-0.2, 0) is 9.59 Å². The van der Waals surface area contributed by atoms with Crippen LogP contribution in [0.3, 0.4) is 0 Å². The fraction of sp³-hybridized carbons (Fsp3) is 0.846. The van der Waals surface area contributed by atoms with Crippen LogP contribution in [0.15, 0.2) is 0 Å². The maximum Gasteiger partial charge on any atom is 0.239 e. The molecule has 1 aliphatic heterocycles. The highest BCUT2D eigenvalue weighted by Crippen LogP contribution is 2.25. The maximum atomic E-state index is 12.0. The summed E-state index contributed by atoms with van der Waals surface area (Å²) in [6.45, 7) is 8.39. The molecule has 0 spiro atoms. The van der Waals surface area contributed by atoms with Crippen LogP contribution < -0.4 is 16.0 Å². The van der Waals surface area contributed by atoms with Crippen molar-refractivity contribution in [3.8, 4) is 0 Å². The summed E-state index contributed by atoms with van der Waals surface area (Å²) in [6.07, 6.45) is 1.88. The van der Waals surface area contributed by atoms with Crippen molar-refractivity contribution in [2.24, 2.45) is 11.3 Å². The van der Waals surface area contributed by atoms with E-state index in [-0.39, 0.29) is 23.8 Å². The summed E-state index contributed by atoms with van der Waals surface area (Å²) in [4.78, 5) is 23.5. The Bertz CT molecular complexity index is 297. The van der Waals surface area contributed by atoms with Crippen LogP contribution in [-0.4, -0.2) is 38.0 Å². The number of rotatable bonds is 5. The fourth-order valence-corrected chi connectivity index (χ4v) is 2.00. The predicted molar refractivity (Wildman–Crippen MR) is 71.1 cm³/mol. The number of hydrogen-bond donors (Lipinski definition) is 3. The van der Waals surface area contributed by atoms with Crippen molar-refractivity contribution < 1.29 is 9.59 Å². The van der Waals surface area contributed by atoms with E-state index in [2.05, 4.69) is 16.0 Å². The number of hydrogen-bond acceptors (Lipinski definition) is 3. The molecular weight excluding hydrogens is 230 g/mol. The van der Waals surface area contributed by atoms with Crippen molar-refractivity contribution in [1.29, 1.82) is 0 Å². The molecule has 5 heteroatoms. The zero-order chi connectivity index (χ0) is 13.6. The molecule has 2 amide bonds. The van der Waals surface area contributed by atoms with E-state index >= 15 is 0 Å². The first-order valence-electron chi connectivity index (χ1n) is 6.70. The number of nitrogens with one attached hydrogen (secondary N) is 3. The molecule has 0 aromatic heterocycles. The van der Waals surface area contributed by atoms with Gasteiger partial charge in [0.2, 0.25) is 11.8 Å². The van der Waals surface area contributed by atoms with Gasteiger partial charge < -0.3 is 16.0 Å². The summed E-state index contributed by atoms with van der Waals surface area (Å²) in [5, 5.41) is 8.73. The Labute approximate surface area is 109 Å². The van der Waals surface area contributed by atoms with E-state index in [9.17, 15) is 9.59 Å². The molecule has 1 rings (SSSR count). The van der Waals surface area contributed by atoms with Gasteiger partial charge in [-0.15, -0.1) is 0 Å². The first-order valence-corrected chi connectivity index (χ1v) is 6.70. The Kier molecular flexibility index (Phi) is 5.59. The zero-order valence-electron chi connectivity index (χ0n) is 11.6. The Morgan fingerprint density at radius 1 is 1.33 bits per heavy atom. The van der Waals surface area contributed by atoms with Gasteiger partial charge in [0.05, 0.1) is 12.0 Å². The molecule has 1 atom stereocenters. The quantitative estimate of drug-likeness (QED) is 0.660. The van der Waals surface area contributed by atoms with Crippen molar-refractivity contribution >= 4 is 11.8 Å². The molecular formula is C13H25N3O2. The second kappa shape index (κ2) is 6.73. The Hall–Kier alpha value is -1.10. The van der Waals surface area contributed by atoms with Gasteiger partial charge in [-0.3, -0.25) is 9.59 Å². The lowest BCUT2D eigenvalue weighted by Gasteiger charge is -2.32. The molecule has 1 fully saturated rings. The monoisotopic (exact) mass is 255 g/mol. The van der Waals surface area contributed by atoms with Gasteiger partial charge in [-0.05, 0) is 32.2 Å². The zero-order valence-corrected chi connectivity index (χ0v) is 11.6. The molecule has 3 N–H and O–H groups in total. The van der Waals surface area contributed by atoms with Gasteiger partial charge in [0.15, 0.2) is 0 Å². The van der Waals surface area contributed by atoms with Crippen molar-refractivity contribution in [2.45, 2.75) is 33.6 Å². The van der Waals surface area contributed by atoms with Crippen molar-refractivity contribution in [2.75, 3.05) is 26.2 Å². The van der Waals surface area contributed by atoms with Gasteiger partial charge in [-0.2, -0.15) is 0 Å². The van der Waals surface area contributed by atoms with Crippen LogP contribution >= 0.6 is 0 Å². The largest absolute Gasteiger partial charge is 0.354 e. The smallest absolute Gasteiger partial charge is 0.239 e. The van der Waals surface area contributed by atoms with E-state index in [1.54, 1.807) is 0 Å². The summed E-state index contributed by atoms with van der Waals surface area (Å²) in [5.41, 5.74) is -0.378. The fourth-order valence-electron chi connectivity index (χ4n) is 2.00. The summed E-state index contributed by atoms with van der Waals surface area (Å²) in [5.74, 6) is 0.267. The average Bonchev–Trinajstić information content (AvgIpc) is 2.34. The molecule has 0 bridgehead atoms. The van der Waals surface area contributed by atoms with Gasteiger partial charge in [0.1, 0.15) is 0 Å². The van der Waals surface area contributed by atoms with Crippen LogP contribution in [0.4, 0.5) is 0 Å². The van der Waals surface area contributed by atoms with E-state index in [0.29, 0.717) is 19.0 Å². The highest BCUT2D eigenvalue weighted by molar-refractivity contribution is 5.87. The Morgan fingerprint density at radius 2 is 2.06 bits per heavy atom. The lowest BCUT2D eigenvalue weighted by atomic mass is 9.82. The molecule has 0 saturated carbocycles. The van der Waals surface area contributed by atoms with Gasteiger partial charge >= 0.3 is 0 Å². The number of carbonyl (C=O) groups is 2. The van der Waals surface area contributed by atoms with E-state index < -0.39 is 0 Å². The van der Waals surface area contributed by atoms with E-state index in [1.165, 1.54) is 0 Å². The number of piperidine rings is 1. The van der Waals surface area contributed by atoms with Crippen molar-refractivity contribution in [1.82, 2.24) is 16.0 Å². The molecule has 1 unspecified atom stereocenters. The molecule has 0 aliphatic carbocycles. The molecule has 1 aliphatic rings. The predicted octanol–water partition coefficient (Wildman–Crippen LogP) is 0.265. The molecule has 0 aromatic rings. The van der Waals surface area contributed by atoms with Crippen LogP contribution in [0.5, 0.6) is 0 Å². The normalized spacial score (nSPS) is 23.8. The van der Waals surface area contributed by atoms with Gasteiger partial charge in [0.25, 0.3) is 0 Å². The Morgan fingerprint density at radius 3 is 2.61 bits per heavy atom. The van der Waals surface area contributed by atoms with Crippen molar-refractivity contribution in [3.63, 3.8) is 0 Å². The minimum Gasteiger partial charge on any atom is -0.354 e. The first kappa shape index (κ1) is 15.0. The molecule has 104 valence electrons. The third-order valence-electron chi connectivity index (χ3n) is 3.26. The second-order valence-electron chi connectivity index (χ2n) is 5.72. The third kappa shape index (κ3) is 4.64. The lowest BCUT2D eigenvalue weighted by molar-refractivity contribution is -0.133. The van der Waals surface area contributed by atoms with Gasteiger partial charge in [0, 0.05) is 13.1 Å². The van der Waals surface area contributed by atoms with Crippen molar-refractivity contribution in [3.05, 3.63) is 0 Å². The average molecular weight is 255 g/mol. The highest BCUT2D eigenvalue weighted by Gasteiger charge is 2.34. The maximum absolute atomic E-state index is 12.0. The minimum atomic E-state index is -0.378. The van der Waals surface area contributed by atoms with Crippen LogP contribution in [0.1, 0.15) is 33.6 Å².